The highest BCUT2D eigenvalue weighted by molar-refractivity contribution is 5.33. The van der Waals surface area contributed by atoms with Gasteiger partial charge < -0.3 is 5.32 Å². The van der Waals surface area contributed by atoms with Crippen molar-refractivity contribution in [2.75, 3.05) is 7.05 Å². The first-order valence-electron chi connectivity index (χ1n) is 6.66. The van der Waals surface area contributed by atoms with Crippen LogP contribution < -0.4 is 5.32 Å². The van der Waals surface area contributed by atoms with Crippen molar-refractivity contribution >= 4 is 0 Å². The molecule has 1 heteroatoms. The average Bonchev–Trinajstić information content (AvgIpc) is 2.49. The maximum Gasteiger partial charge on any atom is 0.0326 e. The Hall–Kier alpha value is -2.04. The number of hydrogen-bond donors (Lipinski definition) is 1. The highest BCUT2D eigenvalue weighted by Gasteiger charge is 2.06. The normalized spacial score (nSPS) is 11.4. The summed E-state index contributed by atoms with van der Waals surface area (Å²) >= 11 is 0. The minimum absolute atomic E-state index is 0.381. The molecule has 0 aliphatic heterocycles. The molecule has 0 saturated carbocycles. The fourth-order valence-corrected chi connectivity index (χ4v) is 2.07. The number of hydrogen-bond acceptors (Lipinski definition) is 1. The topological polar surface area (TPSA) is 12.0 Å². The van der Waals surface area contributed by atoms with Gasteiger partial charge in [0.2, 0.25) is 0 Å². The summed E-state index contributed by atoms with van der Waals surface area (Å²) in [5, 5.41) is 3.35. The van der Waals surface area contributed by atoms with Gasteiger partial charge >= 0.3 is 0 Å². The maximum absolute atomic E-state index is 3.35. The second-order valence-corrected chi connectivity index (χ2v) is 4.46. The molecule has 1 atom stereocenters. The van der Waals surface area contributed by atoms with Gasteiger partial charge in [0.25, 0.3) is 0 Å². The summed E-state index contributed by atoms with van der Waals surface area (Å²) in [6, 6.07) is 21.0. The predicted octanol–water partition coefficient (Wildman–Crippen LogP) is 3.78. The van der Waals surface area contributed by atoms with Crippen LogP contribution in [0.1, 0.15) is 30.0 Å². The summed E-state index contributed by atoms with van der Waals surface area (Å²) < 4.78 is 0. The van der Waals surface area contributed by atoms with E-state index < -0.39 is 0 Å². The van der Waals surface area contributed by atoms with E-state index in [4.69, 9.17) is 0 Å². The van der Waals surface area contributed by atoms with Crippen LogP contribution in [-0.2, 0) is 0 Å². The molecule has 0 fully saturated rings. The van der Waals surface area contributed by atoms with Gasteiger partial charge in [0.05, 0.1) is 0 Å². The maximum atomic E-state index is 3.35. The zero-order valence-electron chi connectivity index (χ0n) is 11.3. The standard InChI is InChI=1S/C18H19N/c1-19-18(17-13-6-3-7-14-17)15-9-8-12-16-10-4-2-5-11-16/h2-7,10-11,13-14,18-19H,9,15H2,1H3. The third kappa shape index (κ3) is 4.28. The number of nitrogens with one attached hydrogen (secondary N) is 1. The molecule has 0 saturated heterocycles. The van der Waals surface area contributed by atoms with Crippen LogP contribution in [0.15, 0.2) is 60.7 Å². The van der Waals surface area contributed by atoms with E-state index in [-0.39, 0.29) is 0 Å². The monoisotopic (exact) mass is 249 g/mol. The lowest BCUT2D eigenvalue weighted by Crippen LogP contribution is -2.15. The minimum atomic E-state index is 0.381. The van der Waals surface area contributed by atoms with Crippen molar-refractivity contribution in [3.8, 4) is 11.8 Å². The van der Waals surface area contributed by atoms with E-state index in [1.54, 1.807) is 0 Å². The molecule has 2 rings (SSSR count). The third-order valence-electron chi connectivity index (χ3n) is 3.11. The van der Waals surface area contributed by atoms with E-state index >= 15 is 0 Å². The van der Waals surface area contributed by atoms with Crippen LogP contribution in [0.5, 0.6) is 0 Å². The van der Waals surface area contributed by atoms with Gasteiger partial charge in [-0.3, -0.25) is 0 Å². The first-order chi connectivity index (χ1) is 9.40. The van der Waals surface area contributed by atoms with Gasteiger partial charge in [0, 0.05) is 18.0 Å². The SMILES string of the molecule is CNC(CCC#Cc1ccccc1)c1ccccc1. The van der Waals surface area contributed by atoms with E-state index in [1.165, 1.54) is 5.56 Å². The molecular formula is C18H19N. The van der Waals surface area contributed by atoms with E-state index in [1.807, 2.05) is 43.4 Å². The molecule has 1 nitrogen and oxygen atoms in total. The van der Waals surface area contributed by atoms with Crippen molar-refractivity contribution < 1.29 is 0 Å². The summed E-state index contributed by atoms with van der Waals surface area (Å²) in [5.41, 5.74) is 2.41. The lowest BCUT2D eigenvalue weighted by Gasteiger charge is -2.14. The Balaban J connectivity index is 1.90. The number of benzene rings is 2. The average molecular weight is 249 g/mol. The molecule has 0 heterocycles. The third-order valence-corrected chi connectivity index (χ3v) is 3.11. The van der Waals surface area contributed by atoms with E-state index in [0.29, 0.717) is 6.04 Å². The van der Waals surface area contributed by atoms with Crippen LogP contribution in [0, 0.1) is 11.8 Å². The van der Waals surface area contributed by atoms with Crippen molar-refractivity contribution in [3.63, 3.8) is 0 Å². The van der Waals surface area contributed by atoms with Gasteiger partial charge in [-0.2, -0.15) is 0 Å². The summed E-state index contributed by atoms with van der Waals surface area (Å²) in [7, 11) is 2.00. The first-order valence-corrected chi connectivity index (χ1v) is 6.66. The lowest BCUT2D eigenvalue weighted by molar-refractivity contribution is 0.558. The first kappa shape index (κ1) is 13.4. The van der Waals surface area contributed by atoms with Gasteiger partial charge in [-0.1, -0.05) is 60.4 Å². The van der Waals surface area contributed by atoms with Gasteiger partial charge in [0.15, 0.2) is 0 Å². The van der Waals surface area contributed by atoms with Crippen LogP contribution >= 0.6 is 0 Å². The molecule has 0 bridgehead atoms. The van der Waals surface area contributed by atoms with Crippen molar-refractivity contribution in [2.45, 2.75) is 18.9 Å². The van der Waals surface area contributed by atoms with E-state index in [2.05, 4.69) is 41.4 Å². The lowest BCUT2D eigenvalue weighted by atomic mass is 10.0. The largest absolute Gasteiger partial charge is 0.313 e. The second-order valence-electron chi connectivity index (χ2n) is 4.46. The number of rotatable bonds is 4. The minimum Gasteiger partial charge on any atom is -0.313 e. The molecule has 96 valence electrons. The molecule has 0 radical (unpaired) electrons. The van der Waals surface area contributed by atoms with Crippen LogP contribution in [-0.4, -0.2) is 7.05 Å². The summed E-state index contributed by atoms with van der Waals surface area (Å²) in [4.78, 5) is 0. The highest BCUT2D eigenvalue weighted by atomic mass is 14.9. The Labute approximate surface area is 115 Å². The zero-order chi connectivity index (χ0) is 13.3. The van der Waals surface area contributed by atoms with Crippen molar-refractivity contribution in [3.05, 3.63) is 71.8 Å². The Kier molecular flexibility index (Phi) is 5.22. The molecule has 2 aromatic rings. The molecule has 0 aliphatic carbocycles. The summed E-state index contributed by atoms with van der Waals surface area (Å²) in [5.74, 6) is 6.44. The van der Waals surface area contributed by atoms with E-state index in [9.17, 15) is 0 Å². The van der Waals surface area contributed by atoms with Crippen LogP contribution in [0.2, 0.25) is 0 Å². The summed E-state index contributed by atoms with van der Waals surface area (Å²) in [6.07, 6.45) is 1.93. The molecule has 19 heavy (non-hydrogen) atoms. The fourth-order valence-electron chi connectivity index (χ4n) is 2.07. The highest BCUT2D eigenvalue weighted by Crippen LogP contribution is 2.17. The molecule has 0 aliphatic rings. The molecule has 0 aromatic heterocycles. The molecule has 0 amide bonds. The molecule has 1 N–H and O–H groups in total. The van der Waals surface area contributed by atoms with Gasteiger partial charge in [0.1, 0.15) is 0 Å². The zero-order valence-corrected chi connectivity index (χ0v) is 11.3. The molecule has 1 unspecified atom stereocenters. The summed E-state index contributed by atoms with van der Waals surface area (Å²) in [6.45, 7) is 0. The quantitative estimate of drug-likeness (QED) is 0.813. The predicted molar refractivity (Wildman–Crippen MR) is 80.8 cm³/mol. The van der Waals surface area contributed by atoms with Crippen LogP contribution in [0.25, 0.3) is 0 Å². The Morgan fingerprint density at radius 3 is 2.21 bits per heavy atom. The van der Waals surface area contributed by atoms with Crippen molar-refractivity contribution in [1.82, 2.24) is 5.32 Å². The van der Waals surface area contributed by atoms with Gasteiger partial charge in [-0.25, -0.2) is 0 Å². The Morgan fingerprint density at radius 2 is 1.58 bits per heavy atom. The smallest absolute Gasteiger partial charge is 0.0326 e. The molecular weight excluding hydrogens is 230 g/mol. The Morgan fingerprint density at radius 1 is 0.947 bits per heavy atom. The van der Waals surface area contributed by atoms with Gasteiger partial charge in [-0.15, -0.1) is 0 Å². The van der Waals surface area contributed by atoms with Crippen molar-refractivity contribution in [2.24, 2.45) is 0 Å². The fraction of sp³-hybridized carbons (Fsp3) is 0.222. The Bertz CT molecular complexity index is 534. The van der Waals surface area contributed by atoms with Crippen LogP contribution in [0.4, 0.5) is 0 Å². The molecule has 0 spiro atoms. The van der Waals surface area contributed by atoms with E-state index in [0.717, 1.165) is 18.4 Å². The van der Waals surface area contributed by atoms with Gasteiger partial charge in [-0.05, 0) is 31.2 Å². The molecule has 2 aromatic carbocycles. The van der Waals surface area contributed by atoms with Crippen molar-refractivity contribution in [1.29, 1.82) is 0 Å². The second kappa shape index (κ2) is 7.41. The van der Waals surface area contributed by atoms with Crippen LogP contribution in [0.3, 0.4) is 0 Å².